The predicted octanol–water partition coefficient (Wildman–Crippen LogP) is 1.53. The smallest absolute Gasteiger partial charge is 0.277 e. The minimum absolute atomic E-state index is 0.168. The Hall–Kier alpha value is -1.81. The third-order valence-electron chi connectivity index (χ3n) is 2.94. The summed E-state index contributed by atoms with van der Waals surface area (Å²) in [6.07, 6.45) is 0.698. The molecule has 0 fully saturated rings. The molecular formula is C13H16N2O2. The number of aliphatic hydroxyl groups excluding tert-OH is 1. The molecule has 2 aromatic rings. The van der Waals surface area contributed by atoms with Crippen molar-refractivity contribution in [2.45, 2.75) is 26.9 Å². The first kappa shape index (κ1) is 11.7. The number of hydrogen-bond acceptors (Lipinski definition) is 2. The van der Waals surface area contributed by atoms with Crippen LogP contribution in [0.5, 0.6) is 0 Å². The Kier molecular flexibility index (Phi) is 3.15. The topological polar surface area (TPSA) is 58.0 Å². The van der Waals surface area contributed by atoms with Gasteiger partial charge >= 0.3 is 0 Å². The van der Waals surface area contributed by atoms with Crippen molar-refractivity contribution < 1.29 is 5.11 Å². The van der Waals surface area contributed by atoms with Crippen LogP contribution in [-0.4, -0.2) is 14.9 Å². The number of para-hydroxylation sites is 1. The standard InChI is InChI=1S/C13H16N2O2/c1-3-11-10(8-16)13(17)15(14-11)12-7-5-4-6-9(12)2/h4-7,14,16H,3,8H2,1-2H3. The van der Waals surface area contributed by atoms with Gasteiger partial charge in [0.2, 0.25) is 0 Å². The molecule has 0 aliphatic carbocycles. The first-order valence-corrected chi connectivity index (χ1v) is 5.68. The molecule has 2 N–H and O–H groups in total. The van der Waals surface area contributed by atoms with Gasteiger partial charge in [0, 0.05) is 5.69 Å². The van der Waals surface area contributed by atoms with Crippen LogP contribution in [0.4, 0.5) is 0 Å². The predicted molar refractivity (Wildman–Crippen MR) is 66.4 cm³/mol. The quantitative estimate of drug-likeness (QED) is 0.843. The number of aromatic nitrogens is 2. The molecule has 0 aliphatic heterocycles. The summed E-state index contributed by atoms with van der Waals surface area (Å²) in [7, 11) is 0. The van der Waals surface area contributed by atoms with Crippen molar-refractivity contribution >= 4 is 0 Å². The van der Waals surface area contributed by atoms with E-state index in [2.05, 4.69) is 5.10 Å². The molecule has 17 heavy (non-hydrogen) atoms. The molecule has 0 bridgehead atoms. The van der Waals surface area contributed by atoms with Gasteiger partial charge in [0.1, 0.15) is 0 Å². The fourth-order valence-electron chi connectivity index (χ4n) is 1.96. The molecule has 0 radical (unpaired) electrons. The number of benzene rings is 1. The van der Waals surface area contributed by atoms with Gasteiger partial charge < -0.3 is 5.11 Å². The van der Waals surface area contributed by atoms with Crippen molar-refractivity contribution in [1.82, 2.24) is 9.78 Å². The van der Waals surface area contributed by atoms with Gasteiger partial charge in [-0.3, -0.25) is 9.89 Å². The van der Waals surface area contributed by atoms with E-state index in [1.807, 2.05) is 38.1 Å². The highest BCUT2D eigenvalue weighted by Crippen LogP contribution is 2.12. The zero-order valence-corrected chi connectivity index (χ0v) is 10.0. The second kappa shape index (κ2) is 4.59. The monoisotopic (exact) mass is 232 g/mol. The highest BCUT2D eigenvalue weighted by molar-refractivity contribution is 5.40. The molecular weight excluding hydrogens is 216 g/mol. The van der Waals surface area contributed by atoms with Crippen LogP contribution in [0.1, 0.15) is 23.7 Å². The van der Waals surface area contributed by atoms with E-state index in [0.29, 0.717) is 12.0 Å². The van der Waals surface area contributed by atoms with Crippen LogP contribution in [0.25, 0.3) is 5.69 Å². The molecule has 0 unspecified atom stereocenters. The van der Waals surface area contributed by atoms with Crippen molar-refractivity contribution in [2.24, 2.45) is 0 Å². The normalized spacial score (nSPS) is 10.8. The van der Waals surface area contributed by atoms with Crippen molar-refractivity contribution in [3.05, 3.63) is 51.4 Å². The summed E-state index contributed by atoms with van der Waals surface area (Å²) in [4.78, 5) is 12.1. The van der Waals surface area contributed by atoms with E-state index >= 15 is 0 Å². The number of rotatable bonds is 3. The molecule has 1 heterocycles. The summed E-state index contributed by atoms with van der Waals surface area (Å²) in [6, 6.07) is 7.65. The van der Waals surface area contributed by atoms with E-state index in [1.165, 1.54) is 4.68 Å². The molecule has 90 valence electrons. The Morgan fingerprint density at radius 2 is 2.06 bits per heavy atom. The van der Waals surface area contributed by atoms with E-state index in [4.69, 9.17) is 0 Å². The van der Waals surface area contributed by atoms with Crippen LogP contribution < -0.4 is 5.56 Å². The molecule has 0 atom stereocenters. The van der Waals surface area contributed by atoms with Crippen LogP contribution in [0.2, 0.25) is 0 Å². The Labute approximate surface area is 99.5 Å². The third kappa shape index (κ3) is 1.91. The lowest BCUT2D eigenvalue weighted by atomic mass is 10.2. The maximum Gasteiger partial charge on any atom is 0.277 e. The minimum atomic E-state index is -0.225. The third-order valence-corrected chi connectivity index (χ3v) is 2.94. The maximum absolute atomic E-state index is 12.1. The largest absolute Gasteiger partial charge is 0.391 e. The summed E-state index contributed by atoms with van der Waals surface area (Å²) in [6.45, 7) is 3.68. The van der Waals surface area contributed by atoms with Gasteiger partial charge in [-0.2, -0.15) is 0 Å². The summed E-state index contributed by atoms with van der Waals surface area (Å²) >= 11 is 0. The van der Waals surface area contributed by atoms with Gasteiger partial charge in [0.25, 0.3) is 5.56 Å². The molecule has 0 saturated heterocycles. The zero-order chi connectivity index (χ0) is 12.4. The van der Waals surface area contributed by atoms with E-state index in [9.17, 15) is 9.90 Å². The number of nitrogens with zero attached hydrogens (tertiary/aromatic N) is 1. The molecule has 4 heteroatoms. The number of H-pyrrole nitrogens is 1. The van der Waals surface area contributed by atoms with Crippen molar-refractivity contribution in [3.8, 4) is 5.69 Å². The second-order valence-corrected chi connectivity index (χ2v) is 4.01. The van der Waals surface area contributed by atoms with E-state index in [1.54, 1.807) is 0 Å². The number of hydrogen-bond donors (Lipinski definition) is 2. The molecule has 0 aliphatic rings. The number of aliphatic hydroxyl groups is 1. The van der Waals surface area contributed by atoms with Gasteiger partial charge in [-0.25, -0.2) is 4.68 Å². The van der Waals surface area contributed by atoms with Crippen LogP contribution in [0, 0.1) is 6.92 Å². The minimum Gasteiger partial charge on any atom is -0.391 e. The summed E-state index contributed by atoms with van der Waals surface area (Å²) < 4.78 is 1.50. The van der Waals surface area contributed by atoms with Crippen LogP contribution >= 0.6 is 0 Å². The second-order valence-electron chi connectivity index (χ2n) is 4.01. The molecule has 1 aromatic carbocycles. The lowest BCUT2D eigenvalue weighted by Crippen LogP contribution is -2.18. The van der Waals surface area contributed by atoms with E-state index < -0.39 is 0 Å². The SMILES string of the molecule is CCc1[nH]n(-c2ccccc2C)c(=O)c1CO. The molecule has 1 aromatic heterocycles. The van der Waals surface area contributed by atoms with Crippen molar-refractivity contribution in [2.75, 3.05) is 0 Å². The molecule has 0 saturated carbocycles. The number of aromatic amines is 1. The van der Waals surface area contributed by atoms with Gasteiger partial charge in [0.05, 0.1) is 17.9 Å². The molecule has 0 spiro atoms. The van der Waals surface area contributed by atoms with E-state index in [-0.39, 0.29) is 12.2 Å². The number of aryl methyl sites for hydroxylation is 2. The first-order valence-electron chi connectivity index (χ1n) is 5.68. The number of nitrogens with one attached hydrogen (secondary N) is 1. The van der Waals surface area contributed by atoms with Crippen LogP contribution in [0.15, 0.2) is 29.1 Å². The lowest BCUT2D eigenvalue weighted by molar-refractivity contribution is 0.279. The Balaban J connectivity index is 2.65. The Bertz CT molecular complexity index is 581. The van der Waals surface area contributed by atoms with Gasteiger partial charge in [-0.15, -0.1) is 0 Å². The summed E-state index contributed by atoms with van der Waals surface area (Å²) in [5.41, 5.74) is 2.92. The van der Waals surface area contributed by atoms with E-state index in [0.717, 1.165) is 16.9 Å². The average Bonchev–Trinajstić information content (AvgIpc) is 2.66. The zero-order valence-electron chi connectivity index (χ0n) is 10.0. The van der Waals surface area contributed by atoms with Gasteiger partial charge in [0.15, 0.2) is 0 Å². The highest BCUT2D eigenvalue weighted by atomic mass is 16.3. The molecule has 4 nitrogen and oxygen atoms in total. The van der Waals surface area contributed by atoms with Crippen molar-refractivity contribution in [3.63, 3.8) is 0 Å². The van der Waals surface area contributed by atoms with Crippen LogP contribution in [0.3, 0.4) is 0 Å². The maximum atomic E-state index is 12.1. The van der Waals surface area contributed by atoms with Gasteiger partial charge in [-0.05, 0) is 25.0 Å². The fourth-order valence-corrected chi connectivity index (χ4v) is 1.96. The summed E-state index contributed by atoms with van der Waals surface area (Å²) in [5.74, 6) is 0. The van der Waals surface area contributed by atoms with Crippen LogP contribution in [-0.2, 0) is 13.0 Å². The highest BCUT2D eigenvalue weighted by Gasteiger charge is 2.13. The molecule has 2 rings (SSSR count). The lowest BCUT2D eigenvalue weighted by Gasteiger charge is -2.04. The first-order chi connectivity index (χ1) is 8.19. The average molecular weight is 232 g/mol. The summed E-state index contributed by atoms with van der Waals surface area (Å²) in [5, 5.41) is 12.3. The Morgan fingerprint density at radius 1 is 1.35 bits per heavy atom. The fraction of sp³-hybridized carbons (Fsp3) is 0.308. The van der Waals surface area contributed by atoms with Gasteiger partial charge in [-0.1, -0.05) is 25.1 Å². The Morgan fingerprint density at radius 3 is 2.59 bits per heavy atom. The molecule has 0 amide bonds. The van der Waals surface area contributed by atoms with Crippen molar-refractivity contribution in [1.29, 1.82) is 0 Å².